The van der Waals surface area contributed by atoms with E-state index in [0.717, 1.165) is 41.9 Å². The highest BCUT2D eigenvalue weighted by atomic mass is 16.5. The van der Waals surface area contributed by atoms with Gasteiger partial charge in [0.1, 0.15) is 46.7 Å². The van der Waals surface area contributed by atoms with Crippen molar-refractivity contribution in [2.45, 2.75) is 97.2 Å². The SMILES string of the molecule is COc1c(C)c2c(c(O)c1C/C=C(\C)CCC(=O)O)C(=O)OC2.C[C@]12CC[C@@H]3c4ccc(O)cc4CC[C@H]3[C@@H]1CC[C@@H]2O.Oc1ccc(/C=C/c2cc(O)cc(O)c2)cc1. The van der Waals surface area contributed by atoms with E-state index in [1.165, 1.54) is 43.6 Å². The molecule has 0 spiro atoms. The molecule has 318 valence electrons. The molecule has 0 bridgehead atoms. The summed E-state index contributed by atoms with van der Waals surface area (Å²) >= 11 is 0. The second kappa shape index (κ2) is 18.5. The van der Waals surface area contributed by atoms with Gasteiger partial charge in [0, 0.05) is 23.6 Å². The Morgan fingerprint density at radius 3 is 2.23 bits per heavy atom. The summed E-state index contributed by atoms with van der Waals surface area (Å²) in [6.07, 6.45) is 13.1. The third kappa shape index (κ3) is 9.57. The predicted molar refractivity (Wildman–Crippen MR) is 228 cm³/mol. The first kappa shape index (κ1) is 43.6. The summed E-state index contributed by atoms with van der Waals surface area (Å²) in [5.74, 6) is 1.78. The van der Waals surface area contributed by atoms with Gasteiger partial charge in [-0.1, -0.05) is 48.9 Å². The number of benzene rings is 4. The molecule has 1 aliphatic heterocycles. The first-order valence-corrected chi connectivity index (χ1v) is 20.5. The normalized spacial score (nSPS) is 22.6. The van der Waals surface area contributed by atoms with E-state index in [9.17, 15) is 35.1 Å². The molecule has 3 aliphatic carbocycles. The number of cyclic esters (lactones) is 1. The van der Waals surface area contributed by atoms with Crippen LogP contribution in [0.2, 0.25) is 0 Å². The third-order valence-corrected chi connectivity index (χ3v) is 13.0. The van der Waals surface area contributed by atoms with Gasteiger partial charge in [0.15, 0.2) is 0 Å². The summed E-state index contributed by atoms with van der Waals surface area (Å²) in [6, 6.07) is 17.1. The maximum absolute atomic E-state index is 11.8. The molecule has 0 amide bonds. The molecule has 1 heterocycles. The average Bonchev–Trinajstić information content (AvgIpc) is 3.76. The Labute approximate surface area is 350 Å². The number of hydrogen-bond acceptors (Lipinski definition) is 10. The van der Waals surface area contributed by atoms with Crippen LogP contribution in [0.15, 0.2) is 72.3 Å². The number of rotatable bonds is 8. The van der Waals surface area contributed by atoms with Crippen LogP contribution in [0, 0.1) is 24.2 Å². The van der Waals surface area contributed by atoms with Crippen LogP contribution in [0.3, 0.4) is 0 Å². The Kier molecular flexibility index (Phi) is 13.5. The highest BCUT2D eigenvalue weighted by molar-refractivity contribution is 5.98. The molecule has 0 aromatic heterocycles. The molecule has 2 fully saturated rings. The van der Waals surface area contributed by atoms with Gasteiger partial charge in [-0.15, -0.1) is 0 Å². The number of phenols is 5. The predicted octanol–water partition coefficient (Wildman–Crippen LogP) is 9.32. The lowest BCUT2D eigenvalue weighted by Crippen LogP contribution is -2.43. The van der Waals surface area contributed by atoms with Crippen molar-refractivity contribution in [3.05, 3.63) is 117 Å². The minimum Gasteiger partial charge on any atom is -0.508 e. The lowest BCUT2D eigenvalue weighted by atomic mass is 9.55. The lowest BCUT2D eigenvalue weighted by Gasteiger charge is -2.50. The third-order valence-electron chi connectivity index (χ3n) is 13.0. The summed E-state index contributed by atoms with van der Waals surface area (Å²) in [6.45, 7) is 6.11. The maximum atomic E-state index is 11.8. The number of carbonyl (C=O) groups is 2. The van der Waals surface area contributed by atoms with E-state index in [0.29, 0.717) is 52.9 Å². The number of carboxylic acids is 1. The molecular formula is C49H56O11. The summed E-state index contributed by atoms with van der Waals surface area (Å²) in [7, 11) is 1.51. The fraction of sp³-hybridized carbons (Fsp3) is 0.388. The van der Waals surface area contributed by atoms with Crippen molar-refractivity contribution in [1.29, 1.82) is 0 Å². The topological polar surface area (TPSA) is 194 Å². The fourth-order valence-electron chi connectivity index (χ4n) is 9.74. The lowest BCUT2D eigenvalue weighted by molar-refractivity contribution is -0.136. The van der Waals surface area contributed by atoms with Gasteiger partial charge in [0.25, 0.3) is 0 Å². The number of allylic oxidation sites excluding steroid dienone is 2. The van der Waals surface area contributed by atoms with Crippen molar-refractivity contribution in [3.63, 3.8) is 0 Å². The number of aryl methyl sites for hydroxylation is 1. The molecule has 4 aromatic rings. The molecule has 0 unspecified atom stereocenters. The molecule has 2 saturated carbocycles. The summed E-state index contributed by atoms with van der Waals surface area (Å²) in [5.41, 5.74) is 7.66. The standard InChI is InChI=1S/C18H24O2.C17H20O6.C14H12O3/c1-18-9-8-14-13-5-3-12(19)10-11(13)2-4-15(14)16(18)6-7-17(18)20;1-9(5-7-13(18)19)4-6-11-15(20)14-12(8-23-17(14)21)10(2)16(11)22-3;15-12-5-3-10(4-6-12)1-2-11-7-13(16)9-14(17)8-11/h3,5,10,14-17,19-20H,2,4,6-9H2,1H3;4,20H,5-8H2,1-3H3,(H,18,19);1-9,15-17H/b;9-4+;2-1+/t14-,15-,16+,17+,18+;;/m1../s1. The van der Waals surface area contributed by atoms with E-state index in [2.05, 4.69) is 13.0 Å². The van der Waals surface area contributed by atoms with E-state index in [1.807, 2.05) is 38.1 Å². The van der Waals surface area contributed by atoms with Gasteiger partial charge >= 0.3 is 11.9 Å². The Balaban J connectivity index is 0.000000152. The van der Waals surface area contributed by atoms with Crippen LogP contribution in [0.5, 0.6) is 34.5 Å². The van der Waals surface area contributed by atoms with Crippen LogP contribution < -0.4 is 4.74 Å². The zero-order chi connectivity index (χ0) is 43.3. The average molecular weight is 821 g/mol. The van der Waals surface area contributed by atoms with E-state index in [1.54, 1.807) is 42.5 Å². The van der Waals surface area contributed by atoms with Crippen LogP contribution in [-0.4, -0.2) is 60.9 Å². The van der Waals surface area contributed by atoms with E-state index < -0.39 is 11.9 Å². The largest absolute Gasteiger partial charge is 0.508 e. The first-order chi connectivity index (χ1) is 28.6. The molecule has 7 N–H and O–H groups in total. The van der Waals surface area contributed by atoms with E-state index in [4.69, 9.17) is 19.7 Å². The number of carboxylic acid groups (broad SMARTS) is 1. The number of aliphatic carboxylic acids is 1. The molecule has 11 heteroatoms. The Morgan fingerprint density at radius 2 is 1.55 bits per heavy atom. The summed E-state index contributed by atoms with van der Waals surface area (Å²) in [5, 5.41) is 66.9. The molecular weight excluding hydrogens is 765 g/mol. The number of fused-ring (bicyclic) bond motifs is 6. The highest BCUT2D eigenvalue weighted by Gasteiger charge is 2.54. The van der Waals surface area contributed by atoms with Crippen LogP contribution in [-0.2, 0) is 29.0 Å². The number of phenolic OH excluding ortho intramolecular Hbond substituents is 5. The molecule has 5 atom stereocenters. The van der Waals surface area contributed by atoms with Gasteiger partial charge in [0.2, 0.25) is 0 Å². The number of aliphatic hydroxyl groups is 1. The molecule has 11 nitrogen and oxygen atoms in total. The minimum atomic E-state index is -0.853. The van der Waals surface area contributed by atoms with Gasteiger partial charge in [0.05, 0.1) is 13.2 Å². The zero-order valence-electron chi connectivity index (χ0n) is 34.6. The van der Waals surface area contributed by atoms with E-state index >= 15 is 0 Å². The molecule has 0 radical (unpaired) electrons. The number of methoxy groups -OCH3 is 1. The van der Waals surface area contributed by atoms with Crippen LogP contribution >= 0.6 is 0 Å². The number of ether oxygens (including phenoxy) is 2. The highest BCUT2D eigenvalue weighted by Crippen LogP contribution is 2.61. The van der Waals surface area contributed by atoms with E-state index in [-0.39, 0.29) is 53.1 Å². The van der Waals surface area contributed by atoms with Crippen molar-refractivity contribution in [3.8, 4) is 34.5 Å². The minimum absolute atomic E-state index is 0.0235. The Hall–Kier alpha value is -5.94. The monoisotopic (exact) mass is 820 g/mol. The smallest absolute Gasteiger partial charge is 0.342 e. The first-order valence-electron chi connectivity index (χ1n) is 20.5. The number of esters is 1. The van der Waals surface area contributed by atoms with Crippen molar-refractivity contribution >= 4 is 24.1 Å². The van der Waals surface area contributed by atoms with Crippen molar-refractivity contribution in [2.75, 3.05) is 7.11 Å². The van der Waals surface area contributed by atoms with Gasteiger partial charge in [-0.2, -0.15) is 0 Å². The fourth-order valence-corrected chi connectivity index (χ4v) is 9.74. The Morgan fingerprint density at radius 1 is 0.867 bits per heavy atom. The van der Waals surface area contributed by atoms with Gasteiger partial charge in [-0.3, -0.25) is 4.79 Å². The number of aliphatic hydroxyl groups excluding tert-OH is 1. The molecule has 0 saturated heterocycles. The number of hydrogen-bond donors (Lipinski definition) is 7. The maximum Gasteiger partial charge on any atom is 0.342 e. The molecule has 60 heavy (non-hydrogen) atoms. The van der Waals surface area contributed by atoms with Gasteiger partial charge in [-0.05, 0) is 153 Å². The van der Waals surface area contributed by atoms with Gasteiger partial charge < -0.3 is 45.2 Å². The van der Waals surface area contributed by atoms with Crippen LogP contribution in [0.1, 0.15) is 114 Å². The van der Waals surface area contributed by atoms with Crippen molar-refractivity contribution < 1.29 is 54.8 Å². The molecule has 4 aromatic carbocycles. The number of aromatic hydroxyl groups is 5. The Bertz CT molecular complexity index is 2250. The quantitative estimate of drug-likeness (QED) is 0.0509. The molecule has 8 rings (SSSR count). The number of carbonyl (C=O) groups excluding carboxylic acids is 1. The second-order valence-electron chi connectivity index (χ2n) is 16.7. The van der Waals surface area contributed by atoms with Crippen molar-refractivity contribution in [1.82, 2.24) is 0 Å². The van der Waals surface area contributed by atoms with Crippen molar-refractivity contribution in [2.24, 2.45) is 17.3 Å². The van der Waals surface area contributed by atoms with Crippen LogP contribution in [0.25, 0.3) is 12.2 Å². The summed E-state index contributed by atoms with van der Waals surface area (Å²) in [4.78, 5) is 22.4. The van der Waals surface area contributed by atoms with Crippen LogP contribution in [0.4, 0.5) is 0 Å². The second-order valence-corrected chi connectivity index (χ2v) is 16.7. The zero-order valence-corrected chi connectivity index (χ0v) is 34.6. The van der Waals surface area contributed by atoms with Gasteiger partial charge in [-0.25, -0.2) is 4.79 Å². The summed E-state index contributed by atoms with van der Waals surface area (Å²) < 4.78 is 10.4. The molecule has 4 aliphatic rings.